The fraction of sp³-hybridized carbons (Fsp3) is 0.692. The maximum absolute atomic E-state index is 11.8. The van der Waals surface area contributed by atoms with Crippen LogP contribution in [0.5, 0.6) is 0 Å². The van der Waals surface area contributed by atoms with Crippen LogP contribution < -0.4 is 5.32 Å². The molecule has 1 saturated heterocycles. The Balaban J connectivity index is 2.02. The predicted molar refractivity (Wildman–Crippen MR) is 68.0 cm³/mol. The van der Waals surface area contributed by atoms with Gasteiger partial charge in [0, 0.05) is 13.1 Å². The quantitative estimate of drug-likeness (QED) is 0.877. The second-order valence-corrected chi connectivity index (χ2v) is 4.73. The van der Waals surface area contributed by atoms with E-state index < -0.39 is 0 Å². The zero-order valence-electron chi connectivity index (χ0n) is 11.1. The number of carbonyl (C=O) groups is 1. The normalized spacial score (nSPS) is 20.9. The molecule has 1 N–H and O–H groups in total. The van der Waals surface area contributed by atoms with Crippen molar-refractivity contribution >= 4 is 5.91 Å². The van der Waals surface area contributed by atoms with Gasteiger partial charge < -0.3 is 9.84 Å². The third-order valence-electron chi connectivity index (χ3n) is 3.49. The molecule has 2 heterocycles. The number of amides is 1. The van der Waals surface area contributed by atoms with Crippen LogP contribution in [0.4, 0.5) is 0 Å². The molecule has 0 radical (unpaired) electrons. The summed E-state index contributed by atoms with van der Waals surface area (Å²) in [6, 6.07) is 1.95. The Kier molecular flexibility index (Phi) is 4.36. The molecule has 5 heteroatoms. The van der Waals surface area contributed by atoms with Crippen molar-refractivity contribution in [3.8, 4) is 0 Å². The molecule has 100 valence electrons. The molecule has 2 rings (SSSR count). The average Bonchev–Trinajstić information content (AvgIpc) is 2.86. The van der Waals surface area contributed by atoms with Crippen molar-refractivity contribution in [2.45, 2.75) is 45.2 Å². The monoisotopic (exact) mass is 251 g/mol. The molecular weight excluding hydrogens is 230 g/mol. The number of aromatic nitrogens is 1. The highest BCUT2D eigenvalue weighted by molar-refractivity contribution is 5.81. The van der Waals surface area contributed by atoms with E-state index in [-0.39, 0.29) is 11.9 Å². The van der Waals surface area contributed by atoms with Crippen LogP contribution in [0, 0.1) is 0 Å². The van der Waals surface area contributed by atoms with Crippen LogP contribution in [0.25, 0.3) is 0 Å². The summed E-state index contributed by atoms with van der Waals surface area (Å²) in [6.45, 7) is 3.67. The van der Waals surface area contributed by atoms with Gasteiger partial charge in [-0.3, -0.25) is 9.69 Å². The summed E-state index contributed by atoms with van der Waals surface area (Å²) in [5, 5.41) is 6.73. The van der Waals surface area contributed by atoms with Crippen molar-refractivity contribution in [1.82, 2.24) is 15.4 Å². The fourth-order valence-corrected chi connectivity index (χ4v) is 2.44. The van der Waals surface area contributed by atoms with Crippen molar-refractivity contribution in [2.24, 2.45) is 0 Å². The zero-order chi connectivity index (χ0) is 13.0. The molecule has 1 amide bonds. The summed E-state index contributed by atoms with van der Waals surface area (Å²) in [6.07, 6.45) is 4.06. The van der Waals surface area contributed by atoms with Crippen LogP contribution in [0.2, 0.25) is 0 Å². The van der Waals surface area contributed by atoms with Crippen molar-refractivity contribution in [3.63, 3.8) is 0 Å². The highest BCUT2D eigenvalue weighted by Gasteiger charge is 2.28. The first kappa shape index (κ1) is 13.1. The summed E-state index contributed by atoms with van der Waals surface area (Å²) in [7, 11) is 1.69. The molecule has 0 bridgehead atoms. The summed E-state index contributed by atoms with van der Waals surface area (Å²) >= 11 is 0. The van der Waals surface area contributed by atoms with Crippen LogP contribution in [0.1, 0.15) is 37.6 Å². The highest BCUT2D eigenvalue weighted by atomic mass is 16.5. The molecule has 5 nitrogen and oxygen atoms in total. The molecule has 1 aliphatic heterocycles. The van der Waals surface area contributed by atoms with E-state index in [9.17, 15) is 4.79 Å². The standard InChI is InChI=1S/C13H21N3O2/c1-3-10-8-11(18-15-10)9-16-7-5-4-6-12(16)13(17)14-2/h8,12H,3-7,9H2,1-2H3,(H,14,17)/t12-/m0/s1. The Bertz CT molecular complexity index is 403. The molecule has 1 atom stereocenters. The van der Waals surface area contributed by atoms with E-state index in [0.717, 1.165) is 43.7 Å². The Morgan fingerprint density at radius 2 is 2.44 bits per heavy atom. The highest BCUT2D eigenvalue weighted by Crippen LogP contribution is 2.20. The molecule has 18 heavy (non-hydrogen) atoms. The minimum atomic E-state index is -0.0288. The van der Waals surface area contributed by atoms with Gasteiger partial charge in [0.25, 0.3) is 0 Å². The number of hydrogen-bond acceptors (Lipinski definition) is 4. The molecule has 0 unspecified atom stereocenters. The number of nitrogens with one attached hydrogen (secondary N) is 1. The Labute approximate surface area is 108 Å². The maximum atomic E-state index is 11.8. The van der Waals surface area contributed by atoms with Crippen molar-refractivity contribution < 1.29 is 9.32 Å². The van der Waals surface area contributed by atoms with Gasteiger partial charge in [0.15, 0.2) is 5.76 Å². The van der Waals surface area contributed by atoms with Crippen molar-refractivity contribution in [1.29, 1.82) is 0 Å². The number of rotatable bonds is 4. The van der Waals surface area contributed by atoms with Gasteiger partial charge in [0.1, 0.15) is 0 Å². The summed E-state index contributed by atoms with van der Waals surface area (Å²) in [5.41, 5.74) is 0.971. The third kappa shape index (κ3) is 2.90. The number of carbonyl (C=O) groups excluding carboxylic acids is 1. The van der Waals surface area contributed by atoms with E-state index in [4.69, 9.17) is 4.52 Å². The van der Waals surface area contributed by atoms with Crippen LogP contribution >= 0.6 is 0 Å². The summed E-state index contributed by atoms with van der Waals surface area (Å²) in [4.78, 5) is 14.0. The maximum Gasteiger partial charge on any atom is 0.237 e. The molecule has 0 aliphatic carbocycles. The Morgan fingerprint density at radius 1 is 1.61 bits per heavy atom. The van der Waals surface area contributed by atoms with Crippen LogP contribution in [0.15, 0.2) is 10.6 Å². The van der Waals surface area contributed by atoms with Gasteiger partial charge in [-0.1, -0.05) is 18.5 Å². The second kappa shape index (κ2) is 6.00. The number of aryl methyl sites for hydroxylation is 1. The van der Waals surface area contributed by atoms with E-state index in [1.807, 2.05) is 6.07 Å². The van der Waals surface area contributed by atoms with E-state index in [1.54, 1.807) is 7.05 Å². The molecule has 0 aromatic carbocycles. The zero-order valence-corrected chi connectivity index (χ0v) is 11.1. The van der Waals surface area contributed by atoms with E-state index >= 15 is 0 Å². The lowest BCUT2D eigenvalue weighted by Gasteiger charge is -2.33. The molecule has 0 spiro atoms. The van der Waals surface area contributed by atoms with Gasteiger partial charge >= 0.3 is 0 Å². The van der Waals surface area contributed by atoms with Crippen molar-refractivity contribution in [2.75, 3.05) is 13.6 Å². The first-order valence-corrected chi connectivity index (χ1v) is 6.64. The first-order valence-electron chi connectivity index (χ1n) is 6.64. The van der Waals surface area contributed by atoms with Gasteiger partial charge in [-0.15, -0.1) is 0 Å². The number of piperidine rings is 1. The minimum Gasteiger partial charge on any atom is -0.360 e. The summed E-state index contributed by atoms with van der Waals surface area (Å²) < 4.78 is 5.30. The number of nitrogens with zero attached hydrogens (tertiary/aromatic N) is 2. The number of hydrogen-bond donors (Lipinski definition) is 1. The van der Waals surface area contributed by atoms with Gasteiger partial charge in [-0.2, -0.15) is 0 Å². The van der Waals surface area contributed by atoms with Gasteiger partial charge in [-0.25, -0.2) is 0 Å². The van der Waals surface area contributed by atoms with Gasteiger partial charge in [0.2, 0.25) is 5.91 Å². The minimum absolute atomic E-state index is 0.0288. The third-order valence-corrected chi connectivity index (χ3v) is 3.49. The second-order valence-electron chi connectivity index (χ2n) is 4.73. The van der Waals surface area contributed by atoms with Gasteiger partial charge in [-0.05, 0) is 25.8 Å². The SMILES string of the molecule is CCc1cc(CN2CCCC[C@H]2C(=O)NC)on1. The molecule has 1 aromatic rings. The van der Waals surface area contributed by atoms with Crippen LogP contribution in [0.3, 0.4) is 0 Å². The van der Waals surface area contributed by atoms with E-state index in [1.165, 1.54) is 0 Å². The smallest absolute Gasteiger partial charge is 0.237 e. The predicted octanol–water partition coefficient (Wildman–Crippen LogP) is 1.34. The summed E-state index contributed by atoms with van der Waals surface area (Å²) in [5.74, 6) is 0.951. The average molecular weight is 251 g/mol. The molecule has 0 saturated carbocycles. The molecule has 1 fully saturated rings. The Hall–Kier alpha value is -1.36. The molecule has 1 aliphatic rings. The molecular formula is C13H21N3O2. The lowest BCUT2D eigenvalue weighted by molar-refractivity contribution is -0.127. The first-order chi connectivity index (χ1) is 8.74. The van der Waals surface area contributed by atoms with E-state index in [0.29, 0.717) is 6.54 Å². The van der Waals surface area contributed by atoms with Crippen LogP contribution in [-0.2, 0) is 17.8 Å². The number of likely N-dealkylation sites (N-methyl/N-ethyl adjacent to an activating group) is 1. The number of likely N-dealkylation sites (tertiary alicyclic amines) is 1. The molecule has 1 aromatic heterocycles. The van der Waals surface area contributed by atoms with Gasteiger partial charge in [0.05, 0.1) is 18.3 Å². The largest absolute Gasteiger partial charge is 0.360 e. The van der Waals surface area contributed by atoms with E-state index in [2.05, 4.69) is 22.3 Å². The topological polar surface area (TPSA) is 58.4 Å². The lowest BCUT2D eigenvalue weighted by atomic mass is 10.0. The van der Waals surface area contributed by atoms with Crippen LogP contribution in [-0.4, -0.2) is 35.6 Å². The fourth-order valence-electron chi connectivity index (χ4n) is 2.44. The lowest BCUT2D eigenvalue weighted by Crippen LogP contribution is -2.48. The Morgan fingerprint density at radius 3 is 3.11 bits per heavy atom. The van der Waals surface area contributed by atoms with Crippen molar-refractivity contribution in [3.05, 3.63) is 17.5 Å².